The molecule has 0 aromatic carbocycles. The van der Waals surface area contributed by atoms with Crippen LogP contribution in [-0.2, 0) is 4.79 Å². The van der Waals surface area contributed by atoms with Crippen molar-refractivity contribution in [3.8, 4) is 0 Å². The third-order valence-electron chi connectivity index (χ3n) is 2.18. The van der Waals surface area contributed by atoms with Gasteiger partial charge in [0.25, 0.3) is 5.56 Å². The van der Waals surface area contributed by atoms with Gasteiger partial charge in [0.2, 0.25) is 11.3 Å². The Morgan fingerprint density at radius 3 is 2.94 bits per heavy atom. The lowest BCUT2D eigenvalue weighted by Crippen LogP contribution is -2.33. The molecule has 2 aromatic rings. The molecule has 84 valence electrons. The summed E-state index contributed by atoms with van der Waals surface area (Å²) in [6, 6.07) is 0. The van der Waals surface area contributed by atoms with Crippen molar-refractivity contribution in [2.24, 2.45) is 0 Å². The Bertz CT molecular complexity index is 587. The van der Waals surface area contributed by atoms with Gasteiger partial charge in [-0.3, -0.25) is 9.78 Å². The van der Waals surface area contributed by atoms with Gasteiger partial charge < -0.3 is 9.90 Å². The minimum absolute atomic E-state index is 0.0642. The summed E-state index contributed by atoms with van der Waals surface area (Å²) in [7, 11) is 0. The van der Waals surface area contributed by atoms with E-state index in [1.54, 1.807) is 6.92 Å². The van der Waals surface area contributed by atoms with Gasteiger partial charge in [0.15, 0.2) is 0 Å². The Morgan fingerprint density at radius 1 is 1.56 bits per heavy atom. The van der Waals surface area contributed by atoms with E-state index in [0.717, 1.165) is 0 Å². The number of H-pyrrole nitrogens is 1. The van der Waals surface area contributed by atoms with Gasteiger partial charge in [-0.15, -0.1) is 0 Å². The smallest absolute Gasteiger partial charge is 0.272 e. The Labute approximate surface area is 88.3 Å². The number of hydrogen-bond donors (Lipinski definition) is 1. The molecule has 8 nitrogen and oxygen atoms in total. The van der Waals surface area contributed by atoms with Gasteiger partial charge in [-0.2, -0.15) is 0 Å². The zero-order valence-electron chi connectivity index (χ0n) is 8.26. The van der Waals surface area contributed by atoms with Gasteiger partial charge in [0.05, 0.1) is 5.97 Å². The van der Waals surface area contributed by atoms with E-state index < -0.39 is 17.4 Å². The molecule has 2 aromatic heterocycles. The molecule has 2 heterocycles. The van der Waals surface area contributed by atoms with Crippen LogP contribution in [0.25, 0.3) is 11.3 Å². The maximum absolute atomic E-state index is 11.5. The predicted octanol–water partition coefficient (Wildman–Crippen LogP) is -1.45. The van der Waals surface area contributed by atoms with Crippen LogP contribution in [0.1, 0.15) is 25.0 Å². The molecule has 0 aliphatic heterocycles. The molecule has 1 unspecified atom stereocenters. The molecule has 0 spiro atoms. The van der Waals surface area contributed by atoms with Gasteiger partial charge in [-0.25, -0.2) is 9.61 Å². The fourth-order valence-electron chi connectivity index (χ4n) is 1.38. The highest BCUT2D eigenvalue weighted by Gasteiger charge is 2.18. The second-order valence-corrected chi connectivity index (χ2v) is 3.17. The summed E-state index contributed by atoms with van der Waals surface area (Å²) < 4.78 is 4.35. The number of carbonyl (C=O) groups is 1. The lowest BCUT2D eigenvalue weighted by Gasteiger charge is -2.13. The van der Waals surface area contributed by atoms with E-state index in [-0.39, 0.29) is 23.4 Å². The molecule has 0 radical (unpaired) electrons. The molecule has 8 heteroatoms. The Hall–Kier alpha value is -2.25. The summed E-state index contributed by atoms with van der Waals surface area (Å²) in [6.07, 6.45) is 0.204. The van der Waals surface area contributed by atoms with Gasteiger partial charge in [0, 0.05) is 5.92 Å². The molecule has 16 heavy (non-hydrogen) atoms. The van der Waals surface area contributed by atoms with Gasteiger partial charge in [-0.05, 0) is 16.7 Å². The Balaban J connectivity index is 2.62. The van der Waals surface area contributed by atoms with E-state index in [0.29, 0.717) is 0 Å². The van der Waals surface area contributed by atoms with E-state index in [4.69, 9.17) is 0 Å². The topological polar surface area (TPSA) is 125 Å². The van der Waals surface area contributed by atoms with Crippen LogP contribution in [0, 0.1) is 0 Å². The zero-order valence-corrected chi connectivity index (χ0v) is 8.26. The number of fused-ring (bicyclic) bond motifs is 1. The van der Waals surface area contributed by atoms with Crippen LogP contribution < -0.4 is 10.7 Å². The average molecular weight is 223 g/mol. The van der Waals surface area contributed by atoms with Crippen LogP contribution in [0.15, 0.2) is 9.42 Å². The molecule has 0 aliphatic rings. The molecule has 0 amide bonds. The maximum atomic E-state index is 11.5. The second-order valence-electron chi connectivity index (χ2n) is 3.17. The van der Waals surface area contributed by atoms with Crippen molar-refractivity contribution in [2.75, 3.05) is 0 Å². The van der Waals surface area contributed by atoms with E-state index in [1.165, 1.54) is 0 Å². The second kappa shape index (κ2) is 3.72. The first-order valence-electron chi connectivity index (χ1n) is 4.56. The van der Waals surface area contributed by atoms with Crippen LogP contribution >= 0.6 is 0 Å². The van der Waals surface area contributed by atoms with Crippen molar-refractivity contribution < 1.29 is 14.5 Å². The van der Waals surface area contributed by atoms with Crippen molar-refractivity contribution in [3.05, 3.63) is 16.0 Å². The number of nitrogens with one attached hydrogen (secondary N) is 1. The van der Waals surface area contributed by atoms with Crippen LogP contribution in [0.4, 0.5) is 0 Å². The minimum atomic E-state index is -1.35. The van der Waals surface area contributed by atoms with Gasteiger partial charge >= 0.3 is 0 Å². The standard InChI is InChI=1S/C8H8N4O4/c1-2-3(8(14)15)4-7(13)10-6-5(9-4)11-16-12-6/h3H,2H2,1H3,(H,14,15)(H,10,12,13)/p-1. The predicted molar refractivity (Wildman–Crippen MR) is 48.3 cm³/mol. The number of carbonyl (C=O) groups excluding carboxylic acids is 1. The molecule has 2 rings (SSSR count). The minimum Gasteiger partial charge on any atom is -0.549 e. The highest BCUT2D eigenvalue weighted by Crippen LogP contribution is 2.13. The highest BCUT2D eigenvalue weighted by atomic mass is 16.6. The molecular formula is C8H7N4O4-. The molecular weight excluding hydrogens is 216 g/mol. The quantitative estimate of drug-likeness (QED) is 0.674. The fraction of sp³-hybridized carbons (Fsp3) is 0.375. The SMILES string of the molecule is CCC(C(=O)[O-])c1nc2nonc2[nH]c1=O. The van der Waals surface area contributed by atoms with E-state index in [1.807, 2.05) is 0 Å². The Morgan fingerprint density at radius 2 is 2.31 bits per heavy atom. The van der Waals surface area contributed by atoms with Crippen molar-refractivity contribution in [2.45, 2.75) is 19.3 Å². The van der Waals surface area contributed by atoms with Crippen LogP contribution in [0.3, 0.4) is 0 Å². The number of rotatable bonds is 3. The van der Waals surface area contributed by atoms with Crippen LogP contribution in [-0.4, -0.2) is 26.3 Å². The number of aliphatic carboxylic acids is 1. The fourth-order valence-corrected chi connectivity index (χ4v) is 1.38. The summed E-state index contributed by atoms with van der Waals surface area (Å²) in [5.74, 6) is -2.42. The number of aromatic nitrogens is 4. The third kappa shape index (κ3) is 1.53. The van der Waals surface area contributed by atoms with E-state index in [9.17, 15) is 14.7 Å². The van der Waals surface area contributed by atoms with E-state index in [2.05, 4.69) is 24.9 Å². The number of nitrogens with zero attached hydrogens (tertiary/aromatic N) is 3. The van der Waals surface area contributed by atoms with E-state index >= 15 is 0 Å². The van der Waals surface area contributed by atoms with Crippen molar-refractivity contribution in [1.29, 1.82) is 0 Å². The molecule has 1 atom stereocenters. The lowest BCUT2D eigenvalue weighted by atomic mass is 10.0. The lowest BCUT2D eigenvalue weighted by molar-refractivity contribution is -0.308. The first kappa shape index (κ1) is 10.3. The van der Waals surface area contributed by atoms with Crippen molar-refractivity contribution in [3.63, 3.8) is 0 Å². The molecule has 0 bridgehead atoms. The number of aromatic amines is 1. The molecule has 0 saturated carbocycles. The molecule has 0 fully saturated rings. The number of hydrogen-bond acceptors (Lipinski definition) is 7. The molecule has 1 N–H and O–H groups in total. The van der Waals surface area contributed by atoms with Gasteiger partial charge in [0.1, 0.15) is 5.69 Å². The summed E-state index contributed by atoms with van der Waals surface area (Å²) in [4.78, 5) is 28.4. The van der Waals surface area contributed by atoms with Crippen molar-refractivity contribution >= 4 is 17.3 Å². The first-order chi connectivity index (χ1) is 7.63. The summed E-state index contributed by atoms with van der Waals surface area (Å²) >= 11 is 0. The zero-order chi connectivity index (χ0) is 11.7. The largest absolute Gasteiger partial charge is 0.549 e. The highest BCUT2D eigenvalue weighted by molar-refractivity contribution is 5.74. The van der Waals surface area contributed by atoms with Crippen LogP contribution in [0.2, 0.25) is 0 Å². The average Bonchev–Trinajstić information content (AvgIpc) is 2.65. The molecule has 0 saturated heterocycles. The normalized spacial score (nSPS) is 12.8. The molecule has 0 aliphatic carbocycles. The van der Waals surface area contributed by atoms with Gasteiger partial charge in [-0.1, -0.05) is 6.92 Å². The monoisotopic (exact) mass is 223 g/mol. The summed E-state index contributed by atoms with van der Waals surface area (Å²) in [5, 5.41) is 17.6. The van der Waals surface area contributed by atoms with Crippen LogP contribution in [0.5, 0.6) is 0 Å². The number of carboxylic acid groups (broad SMARTS) is 1. The number of carboxylic acids is 1. The van der Waals surface area contributed by atoms with Crippen molar-refractivity contribution in [1.82, 2.24) is 20.3 Å². The Kier molecular flexibility index (Phi) is 2.39. The third-order valence-corrected chi connectivity index (χ3v) is 2.18. The first-order valence-corrected chi connectivity index (χ1v) is 4.56. The summed E-state index contributed by atoms with van der Waals surface area (Å²) in [5.41, 5.74) is -0.624. The summed E-state index contributed by atoms with van der Waals surface area (Å²) in [6.45, 7) is 1.62. The maximum Gasteiger partial charge on any atom is 0.272 e.